The van der Waals surface area contributed by atoms with Crippen molar-refractivity contribution in [3.05, 3.63) is 5.82 Å². The Kier molecular flexibility index (Phi) is 4.39. The van der Waals surface area contributed by atoms with Crippen LogP contribution in [0.3, 0.4) is 0 Å². The summed E-state index contributed by atoms with van der Waals surface area (Å²) in [4.78, 5) is 0. The van der Waals surface area contributed by atoms with Crippen molar-refractivity contribution in [2.45, 2.75) is 57.0 Å². The SMILES string of the molecule is CSC1CCCC1n1nnnc1CNC(C)C. The Labute approximate surface area is 107 Å². The first-order valence-corrected chi connectivity index (χ1v) is 7.54. The van der Waals surface area contributed by atoms with Crippen molar-refractivity contribution in [2.24, 2.45) is 0 Å². The van der Waals surface area contributed by atoms with Gasteiger partial charge in [-0.2, -0.15) is 11.8 Å². The number of hydrogen-bond acceptors (Lipinski definition) is 5. The molecule has 96 valence electrons. The maximum atomic E-state index is 4.18. The van der Waals surface area contributed by atoms with Crippen molar-refractivity contribution in [1.82, 2.24) is 25.5 Å². The maximum absolute atomic E-state index is 4.18. The summed E-state index contributed by atoms with van der Waals surface area (Å²) in [7, 11) is 0. The lowest BCUT2D eigenvalue weighted by molar-refractivity contribution is 0.432. The van der Waals surface area contributed by atoms with Crippen molar-refractivity contribution >= 4 is 11.8 Å². The van der Waals surface area contributed by atoms with Crippen molar-refractivity contribution in [3.63, 3.8) is 0 Å². The number of tetrazole rings is 1. The predicted octanol–water partition coefficient (Wildman–Crippen LogP) is 1.63. The molecule has 1 heterocycles. The highest BCUT2D eigenvalue weighted by molar-refractivity contribution is 7.99. The summed E-state index contributed by atoms with van der Waals surface area (Å²) in [5.41, 5.74) is 0. The van der Waals surface area contributed by atoms with Gasteiger partial charge in [-0.15, -0.1) is 5.10 Å². The fourth-order valence-corrected chi connectivity index (χ4v) is 3.31. The molecule has 0 amide bonds. The Balaban J connectivity index is 2.07. The monoisotopic (exact) mass is 255 g/mol. The first-order chi connectivity index (χ1) is 8.22. The van der Waals surface area contributed by atoms with E-state index in [2.05, 4.69) is 40.9 Å². The Hall–Kier alpha value is -0.620. The minimum atomic E-state index is 0.458. The zero-order valence-corrected chi connectivity index (χ0v) is 11.6. The van der Waals surface area contributed by atoms with Gasteiger partial charge in [0.1, 0.15) is 0 Å². The summed E-state index contributed by atoms with van der Waals surface area (Å²) >= 11 is 1.94. The van der Waals surface area contributed by atoms with Crippen LogP contribution in [0, 0.1) is 0 Å². The quantitative estimate of drug-likeness (QED) is 0.866. The molecule has 5 nitrogen and oxygen atoms in total. The summed E-state index contributed by atoms with van der Waals surface area (Å²) in [5, 5.41) is 16.2. The summed E-state index contributed by atoms with van der Waals surface area (Å²) in [5.74, 6) is 0.963. The number of nitrogens with zero attached hydrogens (tertiary/aromatic N) is 4. The zero-order chi connectivity index (χ0) is 12.3. The second kappa shape index (κ2) is 5.82. The molecule has 1 saturated carbocycles. The van der Waals surface area contributed by atoms with Gasteiger partial charge in [0, 0.05) is 11.3 Å². The van der Waals surface area contributed by atoms with Crippen LogP contribution in [-0.4, -0.2) is 37.8 Å². The van der Waals surface area contributed by atoms with E-state index in [9.17, 15) is 0 Å². The molecule has 1 aromatic rings. The van der Waals surface area contributed by atoms with Crippen molar-refractivity contribution in [2.75, 3.05) is 6.26 Å². The van der Waals surface area contributed by atoms with E-state index in [1.807, 2.05) is 16.4 Å². The molecule has 1 N–H and O–H groups in total. The normalized spacial score (nSPS) is 24.7. The first-order valence-electron chi connectivity index (χ1n) is 6.25. The molecule has 1 aliphatic rings. The molecule has 1 aromatic heterocycles. The number of hydrogen-bond donors (Lipinski definition) is 1. The van der Waals surface area contributed by atoms with Gasteiger partial charge in [-0.1, -0.05) is 20.3 Å². The van der Waals surface area contributed by atoms with E-state index in [-0.39, 0.29) is 0 Å². The molecular formula is C11H21N5S. The molecule has 0 bridgehead atoms. The van der Waals surface area contributed by atoms with Crippen LogP contribution in [0.2, 0.25) is 0 Å². The van der Waals surface area contributed by atoms with E-state index in [4.69, 9.17) is 0 Å². The number of nitrogens with one attached hydrogen (secondary N) is 1. The van der Waals surface area contributed by atoms with Crippen molar-refractivity contribution in [1.29, 1.82) is 0 Å². The second-order valence-corrected chi connectivity index (χ2v) is 5.92. The number of aromatic nitrogens is 4. The molecule has 2 unspecified atom stereocenters. The zero-order valence-electron chi connectivity index (χ0n) is 10.8. The van der Waals surface area contributed by atoms with Gasteiger partial charge in [0.25, 0.3) is 0 Å². The van der Waals surface area contributed by atoms with Crippen molar-refractivity contribution in [3.8, 4) is 0 Å². The number of rotatable bonds is 5. The van der Waals surface area contributed by atoms with Gasteiger partial charge in [-0.25, -0.2) is 4.68 Å². The molecule has 0 radical (unpaired) electrons. The fourth-order valence-electron chi connectivity index (χ4n) is 2.34. The van der Waals surface area contributed by atoms with Crippen molar-refractivity contribution < 1.29 is 0 Å². The molecule has 0 saturated heterocycles. The van der Waals surface area contributed by atoms with Gasteiger partial charge in [0.2, 0.25) is 0 Å². The van der Waals surface area contributed by atoms with Crippen LogP contribution in [0.15, 0.2) is 0 Å². The molecule has 1 aliphatic carbocycles. The third-order valence-corrected chi connectivity index (χ3v) is 4.42. The fraction of sp³-hybridized carbons (Fsp3) is 0.909. The minimum Gasteiger partial charge on any atom is -0.308 e. The molecule has 2 atom stereocenters. The summed E-state index contributed by atoms with van der Waals surface area (Å²) in [6.07, 6.45) is 5.94. The molecule has 17 heavy (non-hydrogen) atoms. The molecule has 2 rings (SSSR count). The lowest BCUT2D eigenvalue weighted by atomic mass is 10.2. The van der Waals surface area contributed by atoms with Gasteiger partial charge in [0.15, 0.2) is 5.82 Å². The van der Waals surface area contributed by atoms with E-state index < -0.39 is 0 Å². The topological polar surface area (TPSA) is 55.6 Å². The molecular weight excluding hydrogens is 234 g/mol. The summed E-state index contributed by atoms with van der Waals surface area (Å²) in [6.45, 7) is 5.02. The van der Waals surface area contributed by atoms with Crippen LogP contribution in [-0.2, 0) is 6.54 Å². The smallest absolute Gasteiger partial charge is 0.165 e. The van der Waals surface area contributed by atoms with E-state index in [0.717, 1.165) is 12.4 Å². The Morgan fingerprint density at radius 2 is 2.29 bits per heavy atom. The molecule has 1 fully saturated rings. The maximum Gasteiger partial charge on any atom is 0.165 e. The Bertz CT molecular complexity index is 351. The van der Waals surface area contributed by atoms with Gasteiger partial charge in [-0.05, 0) is 29.5 Å². The third kappa shape index (κ3) is 2.98. The number of thioether (sulfide) groups is 1. The van der Waals surface area contributed by atoms with Crippen LogP contribution >= 0.6 is 11.8 Å². The van der Waals surface area contributed by atoms with Crippen LogP contribution in [0.4, 0.5) is 0 Å². The average molecular weight is 255 g/mol. The van der Waals surface area contributed by atoms with Gasteiger partial charge in [0.05, 0.1) is 12.6 Å². The van der Waals surface area contributed by atoms with E-state index in [1.165, 1.54) is 19.3 Å². The van der Waals surface area contributed by atoms with Crippen LogP contribution in [0.25, 0.3) is 0 Å². The van der Waals surface area contributed by atoms with Gasteiger partial charge in [-0.3, -0.25) is 0 Å². The van der Waals surface area contributed by atoms with Crippen LogP contribution in [0.5, 0.6) is 0 Å². The molecule has 0 spiro atoms. The second-order valence-electron chi connectivity index (χ2n) is 4.85. The summed E-state index contributed by atoms with van der Waals surface area (Å²) in [6, 6.07) is 0.934. The predicted molar refractivity (Wildman–Crippen MR) is 70.0 cm³/mol. The van der Waals surface area contributed by atoms with Crippen LogP contribution in [0.1, 0.15) is 45.0 Å². The molecule has 0 aromatic carbocycles. The lowest BCUT2D eigenvalue weighted by Gasteiger charge is -2.19. The molecule has 0 aliphatic heterocycles. The highest BCUT2D eigenvalue weighted by Gasteiger charge is 2.30. The Morgan fingerprint density at radius 3 is 3.00 bits per heavy atom. The lowest BCUT2D eigenvalue weighted by Crippen LogP contribution is -2.26. The largest absolute Gasteiger partial charge is 0.308 e. The first kappa shape index (κ1) is 12.8. The average Bonchev–Trinajstić information content (AvgIpc) is 2.93. The van der Waals surface area contributed by atoms with Gasteiger partial charge >= 0.3 is 0 Å². The minimum absolute atomic E-state index is 0.458. The van der Waals surface area contributed by atoms with E-state index in [1.54, 1.807) is 0 Å². The van der Waals surface area contributed by atoms with Gasteiger partial charge < -0.3 is 5.32 Å². The standard InChI is InChI=1S/C11H21N5S/c1-8(2)12-7-11-13-14-15-16(11)9-5-4-6-10(9)17-3/h8-10,12H,4-7H2,1-3H3. The highest BCUT2D eigenvalue weighted by Crippen LogP contribution is 2.37. The highest BCUT2D eigenvalue weighted by atomic mass is 32.2. The Morgan fingerprint density at radius 1 is 1.47 bits per heavy atom. The van der Waals surface area contributed by atoms with E-state index >= 15 is 0 Å². The third-order valence-electron chi connectivity index (χ3n) is 3.26. The van der Waals surface area contributed by atoms with Crippen LogP contribution < -0.4 is 5.32 Å². The summed E-state index contributed by atoms with van der Waals surface area (Å²) < 4.78 is 2.03. The van der Waals surface area contributed by atoms with E-state index in [0.29, 0.717) is 17.3 Å². The molecule has 6 heteroatoms.